The van der Waals surface area contributed by atoms with E-state index < -0.39 is 10.0 Å². The first-order valence-electron chi connectivity index (χ1n) is 4.25. The number of rotatable bonds is 5. The van der Waals surface area contributed by atoms with Gasteiger partial charge in [0.2, 0.25) is 10.0 Å². The van der Waals surface area contributed by atoms with Gasteiger partial charge in [-0.3, -0.25) is 4.72 Å². The fourth-order valence-electron chi connectivity index (χ4n) is 0.894. The van der Waals surface area contributed by atoms with Crippen LogP contribution in [0.4, 0.5) is 11.5 Å². The standard InChI is InChI=1S/C8H13N3O3S/c1-14-5-6-15(12,13)11-8-7(9)3-2-4-10-8/h2-4H,5-6,9H2,1H3,(H,10,11). The molecular weight excluding hydrogens is 218 g/mol. The Hall–Kier alpha value is -1.34. The smallest absolute Gasteiger partial charge is 0.236 e. The van der Waals surface area contributed by atoms with E-state index in [2.05, 4.69) is 14.4 Å². The van der Waals surface area contributed by atoms with E-state index in [0.717, 1.165) is 0 Å². The zero-order valence-electron chi connectivity index (χ0n) is 8.30. The summed E-state index contributed by atoms with van der Waals surface area (Å²) < 4.78 is 29.8. The maximum absolute atomic E-state index is 11.4. The second kappa shape index (κ2) is 4.94. The van der Waals surface area contributed by atoms with Gasteiger partial charge in [-0.1, -0.05) is 0 Å². The van der Waals surface area contributed by atoms with Gasteiger partial charge in [-0.15, -0.1) is 0 Å². The molecule has 6 nitrogen and oxygen atoms in total. The topological polar surface area (TPSA) is 94.3 Å². The SMILES string of the molecule is COCCS(=O)(=O)Nc1ncccc1N. The number of ether oxygens (including phenoxy) is 1. The zero-order chi connectivity index (χ0) is 11.3. The number of anilines is 2. The Bertz CT molecular complexity index is 419. The molecule has 15 heavy (non-hydrogen) atoms. The molecule has 0 aromatic carbocycles. The van der Waals surface area contributed by atoms with E-state index >= 15 is 0 Å². The first kappa shape index (κ1) is 11.7. The second-order valence-corrected chi connectivity index (χ2v) is 4.70. The second-order valence-electron chi connectivity index (χ2n) is 2.85. The van der Waals surface area contributed by atoms with Gasteiger partial charge in [0.25, 0.3) is 0 Å². The van der Waals surface area contributed by atoms with E-state index in [4.69, 9.17) is 5.73 Å². The normalized spacial score (nSPS) is 11.3. The van der Waals surface area contributed by atoms with Crippen molar-refractivity contribution in [3.63, 3.8) is 0 Å². The maximum Gasteiger partial charge on any atom is 0.236 e. The van der Waals surface area contributed by atoms with Crippen LogP contribution in [0.3, 0.4) is 0 Å². The molecule has 3 N–H and O–H groups in total. The van der Waals surface area contributed by atoms with Crippen molar-refractivity contribution in [2.24, 2.45) is 0 Å². The molecule has 84 valence electrons. The number of nitrogens with zero attached hydrogens (tertiary/aromatic N) is 1. The minimum atomic E-state index is -3.44. The van der Waals surface area contributed by atoms with Crippen molar-refractivity contribution in [2.45, 2.75) is 0 Å². The number of nitrogens with one attached hydrogen (secondary N) is 1. The van der Waals surface area contributed by atoms with E-state index in [9.17, 15) is 8.42 Å². The fraction of sp³-hybridized carbons (Fsp3) is 0.375. The lowest BCUT2D eigenvalue weighted by Gasteiger charge is -2.08. The summed E-state index contributed by atoms with van der Waals surface area (Å²) in [6, 6.07) is 3.20. The molecule has 0 unspecified atom stereocenters. The molecule has 0 bridgehead atoms. The van der Waals surface area contributed by atoms with Gasteiger partial charge in [0.15, 0.2) is 5.82 Å². The minimum Gasteiger partial charge on any atom is -0.396 e. The number of methoxy groups -OCH3 is 1. The van der Waals surface area contributed by atoms with Crippen LogP contribution in [0, 0.1) is 0 Å². The summed E-state index contributed by atoms with van der Waals surface area (Å²) in [4.78, 5) is 3.82. The molecule has 7 heteroatoms. The molecule has 0 aliphatic carbocycles. The fourth-order valence-corrected chi connectivity index (χ4v) is 1.85. The molecule has 0 radical (unpaired) electrons. The van der Waals surface area contributed by atoms with Crippen LogP contribution < -0.4 is 10.5 Å². The van der Waals surface area contributed by atoms with E-state index in [1.54, 1.807) is 12.1 Å². The number of nitrogens with two attached hydrogens (primary N) is 1. The Balaban J connectivity index is 2.74. The van der Waals surface area contributed by atoms with Crippen LogP contribution in [0.15, 0.2) is 18.3 Å². The van der Waals surface area contributed by atoms with Crippen LogP contribution >= 0.6 is 0 Å². The molecule has 1 aromatic rings. The van der Waals surface area contributed by atoms with Crippen LogP contribution in [-0.4, -0.2) is 32.9 Å². The number of aromatic nitrogens is 1. The molecule has 0 aliphatic rings. The maximum atomic E-state index is 11.4. The van der Waals surface area contributed by atoms with Crippen molar-refractivity contribution in [1.82, 2.24) is 4.98 Å². The molecular formula is C8H13N3O3S. The Labute approximate surface area is 88.5 Å². The van der Waals surface area contributed by atoms with Crippen molar-refractivity contribution < 1.29 is 13.2 Å². The molecule has 0 spiro atoms. The summed E-state index contributed by atoms with van der Waals surface area (Å²) in [6.07, 6.45) is 1.46. The average molecular weight is 231 g/mol. The van der Waals surface area contributed by atoms with Gasteiger partial charge in [0.05, 0.1) is 18.0 Å². The summed E-state index contributed by atoms with van der Waals surface area (Å²) >= 11 is 0. The molecule has 1 heterocycles. The highest BCUT2D eigenvalue weighted by Gasteiger charge is 2.12. The highest BCUT2D eigenvalue weighted by Crippen LogP contribution is 2.14. The first-order chi connectivity index (χ1) is 7.05. The predicted octanol–water partition coefficient (Wildman–Crippen LogP) is 0.0519. The van der Waals surface area contributed by atoms with Crippen LogP contribution in [-0.2, 0) is 14.8 Å². The highest BCUT2D eigenvalue weighted by molar-refractivity contribution is 7.92. The first-order valence-corrected chi connectivity index (χ1v) is 5.90. The minimum absolute atomic E-state index is 0.125. The summed E-state index contributed by atoms with van der Waals surface area (Å²) in [5, 5.41) is 0. The van der Waals surface area contributed by atoms with Crippen molar-refractivity contribution in [3.05, 3.63) is 18.3 Å². The Kier molecular flexibility index (Phi) is 3.87. The summed E-state index contributed by atoms with van der Waals surface area (Å²) in [5.41, 5.74) is 5.83. The lowest BCUT2D eigenvalue weighted by Crippen LogP contribution is -2.20. The van der Waals surface area contributed by atoms with Crippen molar-refractivity contribution in [2.75, 3.05) is 29.9 Å². The van der Waals surface area contributed by atoms with Crippen molar-refractivity contribution in [3.8, 4) is 0 Å². The van der Waals surface area contributed by atoms with Gasteiger partial charge < -0.3 is 10.5 Å². The quantitative estimate of drug-likeness (QED) is 0.746. The summed E-state index contributed by atoms with van der Waals surface area (Å²) in [7, 11) is -2.00. The zero-order valence-corrected chi connectivity index (χ0v) is 9.12. The molecule has 1 aromatic heterocycles. The van der Waals surface area contributed by atoms with Crippen LogP contribution in [0.2, 0.25) is 0 Å². The molecule has 0 fully saturated rings. The van der Waals surface area contributed by atoms with E-state index in [1.165, 1.54) is 13.3 Å². The van der Waals surface area contributed by atoms with Gasteiger partial charge in [0.1, 0.15) is 0 Å². The Morgan fingerprint density at radius 1 is 1.60 bits per heavy atom. The van der Waals surface area contributed by atoms with Gasteiger partial charge in [-0.05, 0) is 12.1 Å². The average Bonchev–Trinajstić information content (AvgIpc) is 2.18. The van der Waals surface area contributed by atoms with Gasteiger partial charge in [-0.25, -0.2) is 13.4 Å². The molecule has 0 saturated carbocycles. The van der Waals surface area contributed by atoms with E-state index in [1.807, 2.05) is 0 Å². The third-order valence-electron chi connectivity index (χ3n) is 1.65. The van der Waals surface area contributed by atoms with E-state index in [-0.39, 0.29) is 18.2 Å². The molecule has 0 amide bonds. The summed E-state index contributed by atoms with van der Waals surface area (Å²) in [6.45, 7) is 0.127. The predicted molar refractivity (Wildman–Crippen MR) is 57.9 cm³/mol. The number of nitrogen functional groups attached to an aromatic ring is 1. The van der Waals surface area contributed by atoms with Crippen molar-refractivity contribution >= 4 is 21.5 Å². The molecule has 1 rings (SSSR count). The largest absolute Gasteiger partial charge is 0.396 e. The lowest BCUT2D eigenvalue weighted by atomic mass is 10.4. The number of pyridine rings is 1. The van der Waals surface area contributed by atoms with Gasteiger partial charge in [0, 0.05) is 13.3 Å². The number of hydrogen-bond donors (Lipinski definition) is 2. The molecule has 0 saturated heterocycles. The van der Waals surface area contributed by atoms with Crippen LogP contribution in [0.25, 0.3) is 0 Å². The Morgan fingerprint density at radius 2 is 2.33 bits per heavy atom. The molecule has 0 atom stereocenters. The third kappa shape index (κ3) is 3.72. The van der Waals surface area contributed by atoms with Crippen LogP contribution in [0.5, 0.6) is 0 Å². The lowest BCUT2D eigenvalue weighted by molar-refractivity contribution is 0.217. The van der Waals surface area contributed by atoms with E-state index in [0.29, 0.717) is 5.69 Å². The Morgan fingerprint density at radius 3 is 2.93 bits per heavy atom. The molecule has 0 aliphatic heterocycles. The number of hydrogen-bond acceptors (Lipinski definition) is 5. The van der Waals surface area contributed by atoms with Crippen LogP contribution in [0.1, 0.15) is 0 Å². The number of sulfonamides is 1. The summed E-state index contributed by atoms with van der Waals surface area (Å²) in [5.74, 6) is 0.0214. The highest BCUT2D eigenvalue weighted by atomic mass is 32.2. The monoisotopic (exact) mass is 231 g/mol. The van der Waals surface area contributed by atoms with Gasteiger partial charge in [-0.2, -0.15) is 0 Å². The van der Waals surface area contributed by atoms with Gasteiger partial charge >= 0.3 is 0 Å². The van der Waals surface area contributed by atoms with Crippen molar-refractivity contribution in [1.29, 1.82) is 0 Å². The third-order valence-corrected chi connectivity index (χ3v) is 2.86.